The molecule has 0 radical (unpaired) electrons. The first kappa shape index (κ1) is 21.9. The summed E-state index contributed by atoms with van der Waals surface area (Å²) in [6.07, 6.45) is -2.73. The van der Waals surface area contributed by atoms with E-state index in [1.54, 1.807) is 0 Å². The highest BCUT2D eigenvalue weighted by Crippen LogP contribution is 2.85. The quantitative estimate of drug-likeness (QED) is 0.596. The number of hydrogen-bond acceptors (Lipinski definition) is 6. The second-order valence-electron chi connectivity index (χ2n) is 7.17. The summed E-state index contributed by atoms with van der Waals surface area (Å²) in [7, 11) is 0. The van der Waals surface area contributed by atoms with Gasteiger partial charge in [0.2, 0.25) is 0 Å². The molecule has 1 aliphatic heterocycles. The smallest absolute Gasteiger partial charge is 0.386 e. The molecular formula is C20H21F3N4S2. The predicted octanol–water partition coefficient (Wildman–Crippen LogP) is 5.13. The van der Waals surface area contributed by atoms with Gasteiger partial charge < -0.3 is 5.73 Å². The maximum absolute atomic E-state index is 13.0. The molecule has 1 aromatic rings. The Morgan fingerprint density at radius 2 is 1.62 bits per heavy atom. The van der Waals surface area contributed by atoms with Crippen molar-refractivity contribution in [2.75, 3.05) is 11.5 Å². The van der Waals surface area contributed by atoms with Crippen molar-refractivity contribution >= 4 is 29.4 Å². The molecule has 9 heteroatoms. The Kier molecular flexibility index (Phi) is 5.61. The van der Waals surface area contributed by atoms with E-state index in [-0.39, 0.29) is 5.84 Å². The number of thioether (sulfide) groups is 2. The van der Waals surface area contributed by atoms with Crippen LogP contribution in [-0.4, -0.2) is 21.5 Å². The van der Waals surface area contributed by atoms with Gasteiger partial charge in [-0.2, -0.15) is 23.7 Å². The van der Waals surface area contributed by atoms with E-state index in [2.05, 4.69) is 17.1 Å². The number of hydrogen-bond donors (Lipinski definition) is 1. The lowest BCUT2D eigenvalue weighted by molar-refractivity contribution is -0.137. The Bertz CT molecular complexity index is 892. The Labute approximate surface area is 176 Å². The molecular weight excluding hydrogens is 417 g/mol. The highest BCUT2D eigenvalue weighted by atomic mass is 32.2. The molecule has 0 amide bonds. The molecule has 3 unspecified atom stereocenters. The van der Waals surface area contributed by atoms with E-state index in [1.165, 1.54) is 35.7 Å². The van der Waals surface area contributed by atoms with Gasteiger partial charge in [0, 0.05) is 5.92 Å². The van der Waals surface area contributed by atoms with Gasteiger partial charge in [-0.1, -0.05) is 26.0 Å². The number of rotatable bonds is 7. The third kappa shape index (κ3) is 2.85. The lowest BCUT2D eigenvalue weighted by atomic mass is 9.97. The van der Waals surface area contributed by atoms with Crippen LogP contribution in [0, 0.1) is 33.5 Å². The van der Waals surface area contributed by atoms with Crippen LogP contribution in [0.4, 0.5) is 13.2 Å². The molecule has 3 rings (SSSR count). The van der Waals surface area contributed by atoms with Crippen molar-refractivity contribution < 1.29 is 13.2 Å². The number of amidine groups is 1. The van der Waals surface area contributed by atoms with Crippen LogP contribution in [0.5, 0.6) is 0 Å². The predicted molar refractivity (Wildman–Crippen MR) is 110 cm³/mol. The van der Waals surface area contributed by atoms with Crippen molar-refractivity contribution in [3.05, 3.63) is 35.4 Å². The number of benzene rings is 1. The fourth-order valence-electron chi connectivity index (χ4n) is 4.20. The summed E-state index contributed by atoms with van der Waals surface area (Å²) in [4.78, 5) is 4.64. The molecule has 0 bridgehead atoms. The minimum atomic E-state index is -4.45. The van der Waals surface area contributed by atoms with Gasteiger partial charge in [0.15, 0.2) is 4.20 Å². The van der Waals surface area contributed by atoms with Gasteiger partial charge in [-0.3, -0.25) is 0 Å². The molecule has 154 valence electrons. The summed E-state index contributed by atoms with van der Waals surface area (Å²) >= 11 is 3.02. The number of halogens is 3. The van der Waals surface area contributed by atoms with Crippen LogP contribution < -0.4 is 5.73 Å². The van der Waals surface area contributed by atoms with Crippen LogP contribution >= 0.6 is 23.5 Å². The maximum Gasteiger partial charge on any atom is 0.416 e. The number of nitrogens with zero attached hydrogens (tertiary/aromatic N) is 3. The third-order valence-electron chi connectivity index (χ3n) is 5.50. The molecule has 0 spiro atoms. The molecule has 1 heterocycles. The van der Waals surface area contributed by atoms with Crippen LogP contribution in [0.1, 0.15) is 43.7 Å². The molecule has 1 fully saturated rings. The highest BCUT2D eigenvalue weighted by Gasteiger charge is 2.91. The number of nitriles is 2. The Morgan fingerprint density at radius 3 is 2.03 bits per heavy atom. The minimum Gasteiger partial charge on any atom is -0.386 e. The monoisotopic (exact) mass is 438 g/mol. The van der Waals surface area contributed by atoms with Crippen LogP contribution in [0.3, 0.4) is 0 Å². The first-order valence-electron chi connectivity index (χ1n) is 9.34. The first-order valence-corrected chi connectivity index (χ1v) is 11.3. The minimum absolute atomic E-state index is 0.110. The summed E-state index contributed by atoms with van der Waals surface area (Å²) in [5.74, 6) is 0.966. The summed E-state index contributed by atoms with van der Waals surface area (Å²) in [5.41, 5.74) is 3.46. The summed E-state index contributed by atoms with van der Waals surface area (Å²) in [6.45, 7) is 4.04. The zero-order valence-corrected chi connectivity index (χ0v) is 17.7. The van der Waals surface area contributed by atoms with E-state index in [9.17, 15) is 23.7 Å². The van der Waals surface area contributed by atoms with E-state index < -0.39 is 32.7 Å². The molecule has 2 N–H and O–H groups in total. The van der Waals surface area contributed by atoms with Crippen LogP contribution in [-0.2, 0) is 6.18 Å². The van der Waals surface area contributed by atoms with E-state index >= 15 is 0 Å². The largest absolute Gasteiger partial charge is 0.416 e. The fourth-order valence-corrected chi connectivity index (χ4v) is 7.43. The highest BCUT2D eigenvalue weighted by molar-refractivity contribution is 8.18. The van der Waals surface area contributed by atoms with Crippen molar-refractivity contribution in [3.8, 4) is 12.1 Å². The lowest BCUT2D eigenvalue weighted by Crippen LogP contribution is -2.32. The van der Waals surface area contributed by atoms with Crippen molar-refractivity contribution in [2.45, 2.75) is 43.0 Å². The molecule has 3 atom stereocenters. The second-order valence-corrected chi connectivity index (χ2v) is 10.0. The molecule has 1 aromatic carbocycles. The number of aliphatic imine (C=N–C) groups is 1. The van der Waals surface area contributed by atoms with Crippen molar-refractivity contribution in [2.24, 2.45) is 21.6 Å². The zero-order valence-electron chi connectivity index (χ0n) is 16.1. The Morgan fingerprint density at radius 1 is 1.07 bits per heavy atom. The SMILES string of the molecule is CCCSC1(SCCC)N=C(N)C2(C#N)C(c3ccc(C(F)(F)F)cc3)C12C#N. The third-order valence-corrected chi connectivity index (χ3v) is 9.04. The van der Waals surface area contributed by atoms with Gasteiger partial charge >= 0.3 is 6.18 Å². The Hall–Kier alpha value is -1.84. The average molecular weight is 439 g/mol. The van der Waals surface area contributed by atoms with E-state index in [1.807, 2.05) is 13.8 Å². The van der Waals surface area contributed by atoms with E-state index in [0.29, 0.717) is 5.56 Å². The molecule has 1 saturated carbocycles. The lowest BCUT2D eigenvalue weighted by Gasteiger charge is -2.32. The summed E-state index contributed by atoms with van der Waals surface area (Å²) in [5, 5.41) is 20.4. The van der Waals surface area contributed by atoms with Gasteiger partial charge in [0.25, 0.3) is 0 Å². The van der Waals surface area contributed by atoms with Gasteiger partial charge in [-0.25, -0.2) is 4.99 Å². The van der Waals surface area contributed by atoms with Gasteiger partial charge in [0.1, 0.15) is 16.7 Å². The maximum atomic E-state index is 13.0. The van der Waals surface area contributed by atoms with Gasteiger partial charge in [0.05, 0.1) is 17.7 Å². The first-order chi connectivity index (χ1) is 13.7. The number of nitrogens with two attached hydrogens (primary N) is 1. The molecule has 0 aromatic heterocycles. The van der Waals surface area contributed by atoms with Crippen molar-refractivity contribution in [1.29, 1.82) is 10.5 Å². The van der Waals surface area contributed by atoms with Gasteiger partial charge in [-0.15, -0.1) is 23.5 Å². The summed E-state index contributed by atoms with van der Waals surface area (Å²) in [6, 6.07) is 9.29. The summed E-state index contributed by atoms with van der Waals surface area (Å²) < 4.78 is 37.9. The second kappa shape index (κ2) is 7.45. The normalized spacial score (nSPS) is 29.5. The molecule has 1 aliphatic carbocycles. The average Bonchev–Trinajstić information content (AvgIpc) is 3.28. The van der Waals surface area contributed by atoms with Crippen molar-refractivity contribution in [3.63, 3.8) is 0 Å². The molecule has 4 nitrogen and oxygen atoms in total. The molecule has 29 heavy (non-hydrogen) atoms. The van der Waals surface area contributed by atoms with E-state index in [0.717, 1.165) is 36.5 Å². The molecule has 0 saturated heterocycles. The zero-order chi connectivity index (χ0) is 21.5. The number of alkyl halides is 3. The standard InChI is InChI=1S/C20H21F3N4S2/c1-3-9-28-20(29-10-4-2)18(12-25)15(17(18,11-24)16(26)27-20)13-5-7-14(8-6-13)19(21,22)23/h5-8,15H,3-4,9-10H2,1-2H3,(H2,26,27). The van der Waals surface area contributed by atoms with Crippen LogP contribution in [0.2, 0.25) is 0 Å². The van der Waals surface area contributed by atoms with Gasteiger partial charge in [-0.05, 0) is 42.0 Å². The van der Waals surface area contributed by atoms with Crippen molar-refractivity contribution in [1.82, 2.24) is 0 Å². The topological polar surface area (TPSA) is 86.0 Å². The molecule has 2 aliphatic rings. The van der Waals surface area contributed by atoms with Crippen LogP contribution in [0.15, 0.2) is 29.3 Å². The fraction of sp³-hybridized carbons (Fsp3) is 0.550. The van der Waals surface area contributed by atoms with Crippen LogP contribution in [0.25, 0.3) is 0 Å². The Balaban J connectivity index is 2.12. The number of fused-ring (bicyclic) bond motifs is 1. The van der Waals surface area contributed by atoms with E-state index in [4.69, 9.17) is 5.73 Å².